The monoisotopic (exact) mass is 493 g/mol. The number of hydrogen-bond acceptors (Lipinski definition) is 5. The minimum Gasteiger partial charge on any atom is -0.351 e. The second kappa shape index (κ2) is 9.95. The van der Waals surface area contributed by atoms with Gasteiger partial charge in [0.15, 0.2) is 0 Å². The van der Waals surface area contributed by atoms with Gasteiger partial charge >= 0.3 is 0 Å². The number of rotatable bonds is 7. The Balaban J connectivity index is 1.53. The highest BCUT2D eigenvalue weighted by atomic mass is 35.5. The van der Waals surface area contributed by atoms with Gasteiger partial charge in [0, 0.05) is 21.6 Å². The second-order valence-corrected chi connectivity index (χ2v) is 9.80. The molecule has 0 radical (unpaired) electrons. The topological polar surface area (TPSA) is 80.1 Å². The summed E-state index contributed by atoms with van der Waals surface area (Å²) in [6.07, 6.45) is 4.13. The number of halogens is 1. The summed E-state index contributed by atoms with van der Waals surface area (Å²) in [7, 11) is 0. The van der Waals surface area contributed by atoms with E-state index in [2.05, 4.69) is 15.6 Å². The first-order valence-corrected chi connectivity index (χ1v) is 12.6. The lowest BCUT2D eigenvalue weighted by atomic mass is 10.1. The molecule has 9 heteroatoms. The number of nitrogens with zero attached hydrogens (tertiary/aromatic N) is 4. The van der Waals surface area contributed by atoms with Crippen LogP contribution in [0.2, 0.25) is 5.02 Å². The fourth-order valence-corrected chi connectivity index (χ4v) is 5.39. The van der Waals surface area contributed by atoms with E-state index in [-0.39, 0.29) is 24.4 Å². The third-order valence-corrected chi connectivity index (χ3v) is 7.28. The van der Waals surface area contributed by atoms with Crippen molar-refractivity contribution in [3.8, 4) is 0 Å². The quantitative estimate of drug-likeness (QED) is 0.393. The van der Waals surface area contributed by atoms with Crippen molar-refractivity contribution < 1.29 is 9.59 Å². The molecule has 0 aliphatic heterocycles. The smallest absolute Gasteiger partial charge is 0.249 e. The largest absolute Gasteiger partial charge is 0.351 e. The van der Waals surface area contributed by atoms with Gasteiger partial charge in [-0.25, -0.2) is 4.68 Å². The highest BCUT2D eigenvalue weighted by Crippen LogP contribution is 2.32. The van der Waals surface area contributed by atoms with Gasteiger partial charge in [0.25, 0.3) is 0 Å². The third kappa shape index (κ3) is 4.69. The summed E-state index contributed by atoms with van der Waals surface area (Å²) in [5.74, 6) is -0.445. The molecule has 2 aromatic carbocycles. The highest BCUT2D eigenvalue weighted by molar-refractivity contribution is 7.10. The van der Waals surface area contributed by atoms with Crippen LogP contribution >= 0.6 is 22.9 Å². The standard InChI is InChI=1S/C25H24ClN5O2S/c26-17-11-13-19(14-12-17)31(23(32)16-30-21-9-4-3-8-20(21)28-29-30)24(22-10-5-15-34-22)25(33)27-18-6-1-2-7-18/h3-5,8-15,18,24H,1-2,6-7,16H2,(H,27,33)/t24-/m1/s1. The zero-order valence-corrected chi connectivity index (χ0v) is 20.0. The van der Waals surface area contributed by atoms with Gasteiger partial charge in [-0.2, -0.15) is 0 Å². The van der Waals surface area contributed by atoms with E-state index in [1.54, 1.807) is 33.8 Å². The summed E-state index contributed by atoms with van der Waals surface area (Å²) in [4.78, 5) is 29.8. The van der Waals surface area contributed by atoms with Crippen molar-refractivity contribution in [1.29, 1.82) is 0 Å². The number of fused-ring (bicyclic) bond motifs is 1. The molecule has 0 spiro atoms. The number of nitrogens with one attached hydrogen (secondary N) is 1. The van der Waals surface area contributed by atoms with Gasteiger partial charge in [-0.1, -0.05) is 47.9 Å². The van der Waals surface area contributed by atoms with Crippen LogP contribution in [-0.4, -0.2) is 32.9 Å². The van der Waals surface area contributed by atoms with E-state index < -0.39 is 6.04 Å². The lowest BCUT2D eigenvalue weighted by Crippen LogP contribution is -2.47. The molecule has 7 nitrogen and oxygen atoms in total. The molecule has 0 saturated heterocycles. The maximum absolute atomic E-state index is 13.8. The summed E-state index contributed by atoms with van der Waals surface area (Å²) in [5.41, 5.74) is 2.07. The highest BCUT2D eigenvalue weighted by Gasteiger charge is 2.35. The lowest BCUT2D eigenvalue weighted by molar-refractivity contribution is -0.127. The number of aromatic nitrogens is 3. The Kier molecular flexibility index (Phi) is 6.60. The van der Waals surface area contributed by atoms with Gasteiger partial charge in [0.05, 0.1) is 5.52 Å². The number of amides is 2. The number of thiophene rings is 1. The molecule has 0 bridgehead atoms. The van der Waals surface area contributed by atoms with Crippen LogP contribution in [0.15, 0.2) is 66.0 Å². The zero-order chi connectivity index (χ0) is 23.5. The predicted molar refractivity (Wildman–Crippen MR) is 134 cm³/mol. The summed E-state index contributed by atoms with van der Waals surface area (Å²) in [6.45, 7) is -0.0538. The van der Waals surface area contributed by atoms with Crippen molar-refractivity contribution in [1.82, 2.24) is 20.3 Å². The molecule has 1 aliphatic carbocycles. The maximum Gasteiger partial charge on any atom is 0.249 e. The maximum atomic E-state index is 13.8. The van der Waals surface area contributed by atoms with Crippen LogP contribution in [0, 0.1) is 0 Å². The Morgan fingerprint density at radius 2 is 1.85 bits per heavy atom. The first-order chi connectivity index (χ1) is 16.6. The van der Waals surface area contributed by atoms with Crippen LogP contribution in [0.3, 0.4) is 0 Å². The van der Waals surface area contributed by atoms with E-state index in [0.29, 0.717) is 16.2 Å². The minimum atomic E-state index is -0.802. The summed E-state index contributed by atoms with van der Waals surface area (Å²) in [6, 6.07) is 17.6. The first-order valence-electron chi connectivity index (χ1n) is 11.3. The SMILES string of the molecule is O=C(NC1CCCC1)[C@@H](c1cccs1)N(C(=O)Cn1nnc2ccccc21)c1ccc(Cl)cc1. The van der Waals surface area contributed by atoms with Crippen molar-refractivity contribution in [2.75, 3.05) is 4.90 Å². The predicted octanol–water partition coefficient (Wildman–Crippen LogP) is 4.98. The number of anilines is 1. The molecule has 34 heavy (non-hydrogen) atoms. The summed E-state index contributed by atoms with van der Waals surface area (Å²) in [5, 5.41) is 14.0. The molecule has 5 rings (SSSR count). The molecule has 1 aliphatic rings. The molecule has 0 unspecified atom stereocenters. The molecule has 2 heterocycles. The van der Waals surface area contributed by atoms with Crippen LogP contribution < -0.4 is 10.2 Å². The van der Waals surface area contributed by atoms with E-state index >= 15 is 0 Å². The number of benzene rings is 2. The number of para-hydroxylation sites is 1. The van der Waals surface area contributed by atoms with Gasteiger partial charge in [0.2, 0.25) is 11.8 Å². The lowest BCUT2D eigenvalue weighted by Gasteiger charge is -2.31. The van der Waals surface area contributed by atoms with Gasteiger partial charge in [-0.15, -0.1) is 16.4 Å². The molecule has 174 valence electrons. The van der Waals surface area contributed by atoms with Crippen LogP contribution in [0.1, 0.15) is 36.6 Å². The molecule has 1 N–H and O–H groups in total. The molecule has 2 amide bonds. The van der Waals surface area contributed by atoms with Crippen LogP contribution in [-0.2, 0) is 16.1 Å². The second-order valence-electron chi connectivity index (χ2n) is 8.38. The number of carbonyl (C=O) groups is 2. The van der Waals surface area contributed by atoms with Crippen molar-refractivity contribution in [3.05, 3.63) is 75.9 Å². The van der Waals surface area contributed by atoms with Crippen LogP contribution in [0.25, 0.3) is 11.0 Å². The van der Waals surface area contributed by atoms with Crippen LogP contribution in [0.5, 0.6) is 0 Å². The molecule has 1 saturated carbocycles. The minimum absolute atomic E-state index is 0.0538. The third-order valence-electron chi connectivity index (χ3n) is 6.10. The fourth-order valence-electron chi connectivity index (χ4n) is 4.45. The average molecular weight is 494 g/mol. The van der Waals surface area contributed by atoms with E-state index in [1.807, 2.05) is 41.8 Å². The van der Waals surface area contributed by atoms with Gasteiger partial charge in [0.1, 0.15) is 18.1 Å². The molecule has 4 aromatic rings. The van der Waals surface area contributed by atoms with E-state index in [9.17, 15) is 9.59 Å². The van der Waals surface area contributed by atoms with Gasteiger partial charge < -0.3 is 5.32 Å². The van der Waals surface area contributed by atoms with Crippen LogP contribution in [0.4, 0.5) is 5.69 Å². The molecule has 2 aromatic heterocycles. The first kappa shape index (κ1) is 22.6. The van der Waals surface area contributed by atoms with E-state index in [4.69, 9.17) is 11.6 Å². The van der Waals surface area contributed by atoms with E-state index in [1.165, 1.54) is 11.3 Å². The van der Waals surface area contributed by atoms with Crippen molar-refractivity contribution in [3.63, 3.8) is 0 Å². The Labute approximate surface area is 206 Å². The van der Waals surface area contributed by atoms with Crippen molar-refractivity contribution >= 4 is 51.5 Å². The Morgan fingerprint density at radius 1 is 1.09 bits per heavy atom. The van der Waals surface area contributed by atoms with Crippen molar-refractivity contribution in [2.45, 2.75) is 44.3 Å². The molecule has 1 atom stereocenters. The number of hydrogen-bond donors (Lipinski definition) is 1. The molecular formula is C25H24ClN5O2S. The van der Waals surface area contributed by atoms with Gasteiger partial charge in [-0.3, -0.25) is 14.5 Å². The molecule has 1 fully saturated rings. The summed E-state index contributed by atoms with van der Waals surface area (Å²) < 4.78 is 1.57. The Hall–Kier alpha value is -3.23. The van der Waals surface area contributed by atoms with Crippen molar-refractivity contribution in [2.24, 2.45) is 0 Å². The Morgan fingerprint density at radius 3 is 2.59 bits per heavy atom. The normalized spacial score (nSPS) is 14.9. The Bertz CT molecular complexity index is 1280. The summed E-state index contributed by atoms with van der Waals surface area (Å²) >= 11 is 7.58. The average Bonchev–Trinajstić information content (AvgIpc) is 3.61. The fraction of sp³-hybridized carbons (Fsp3) is 0.280. The molecular weight excluding hydrogens is 470 g/mol. The van der Waals surface area contributed by atoms with E-state index in [0.717, 1.165) is 36.1 Å². The van der Waals surface area contributed by atoms with Gasteiger partial charge in [-0.05, 0) is 60.7 Å². The zero-order valence-electron chi connectivity index (χ0n) is 18.4. The number of carbonyl (C=O) groups excluding carboxylic acids is 2.